The zero-order valence-corrected chi connectivity index (χ0v) is 11.9. The molecular weight excluding hydrogens is 255 g/mol. The molecule has 0 aliphatic carbocycles. The van der Waals surface area contributed by atoms with Crippen LogP contribution in [0, 0.1) is 19.7 Å². The Hall–Kier alpha value is -2.16. The summed E-state index contributed by atoms with van der Waals surface area (Å²) in [4.78, 5) is 11.2. The van der Waals surface area contributed by atoms with Gasteiger partial charge in [-0.25, -0.2) is 4.39 Å². The summed E-state index contributed by atoms with van der Waals surface area (Å²) >= 11 is 0. The van der Waals surface area contributed by atoms with Crippen LogP contribution in [-0.2, 0) is 6.61 Å². The molecule has 0 N–H and O–H groups in total. The lowest BCUT2D eigenvalue weighted by Crippen LogP contribution is -2.01. The zero-order valence-electron chi connectivity index (χ0n) is 11.9. The average molecular weight is 272 g/mol. The van der Waals surface area contributed by atoms with E-state index in [1.54, 1.807) is 6.07 Å². The van der Waals surface area contributed by atoms with Crippen LogP contribution in [0.4, 0.5) is 4.39 Å². The lowest BCUT2D eigenvalue weighted by Gasteiger charge is -2.10. The van der Waals surface area contributed by atoms with Gasteiger partial charge in [-0.3, -0.25) is 4.79 Å². The summed E-state index contributed by atoms with van der Waals surface area (Å²) in [7, 11) is 0. The van der Waals surface area contributed by atoms with E-state index in [1.165, 1.54) is 19.1 Å². The van der Waals surface area contributed by atoms with E-state index in [9.17, 15) is 9.18 Å². The first-order valence-corrected chi connectivity index (χ1v) is 6.47. The van der Waals surface area contributed by atoms with Crippen molar-refractivity contribution >= 4 is 5.78 Å². The van der Waals surface area contributed by atoms with E-state index in [2.05, 4.69) is 6.07 Å². The standard InChI is InChI=1S/C17H17FO2/c1-11-4-5-12(2)14(8-11)10-20-15-6-7-16(13(3)19)17(18)9-15/h4-9H,10H2,1-3H3. The van der Waals surface area contributed by atoms with Crippen molar-refractivity contribution in [1.29, 1.82) is 0 Å². The Balaban J connectivity index is 2.13. The SMILES string of the molecule is CC(=O)c1ccc(OCc2cc(C)ccc2C)cc1F. The van der Waals surface area contributed by atoms with Gasteiger partial charge < -0.3 is 4.74 Å². The van der Waals surface area contributed by atoms with Gasteiger partial charge in [0, 0.05) is 6.07 Å². The molecule has 2 nitrogen and oxygen atoms in total. The van der Waals surface area contributed by atoms with Gasteiger partial charge in [-0.2, -0.15) is 0 Å². The van der Waals surface area contributed by atoms with Crippen molar-refractivity contribution in [3.05, 3.63) is 64.5 Å². The van der Waals surface area contributed by atoms with E-state index in [0.29, 0.717) is 12.4 Å². The molecule has 0 aliphatic heterocycles. The van der Waals surface area contributed by atoms with E-state index >= 15 is 0 Å². The number of aryl methyl sites for hydroxylation is 2. The highest BCUT2D eigenvalue weighted by Gasteiger charge is 2.08. The number of benzene rings is 2. The van der Waals surface area contributed by atoms with E-state index in [-0.39, 0.29) is 11.3 Å². The number of Topliss-reactive ketones (excluding diaryl/α,β-unsaturated/α-hetero) is 1. The molecule has 0 saturated heterocycles. The second-order valence-electron chi connectivity index (χ2n) is 4.92. The third-order valence-electron chi connectivity index (χ3n) is 3.22. The molecule has 0 spiro atoms. The molecule has 2 aromatic carbocycles. The molecule has 0 aromatic heterocycles. The van der Waals surface area contributed by atoms with Crippen LogP contribution in [0.2, 0.25) is 0 Å². The van der Waals surface area contributed by atoms with E-state index < -0.39 is 5.82 Å². The highest BCUT2D eigenvalue weighted by molar-refractivity contribution is 5.94. The number of carbonyl (C=O) groups is 1. The van der Waals surface area contributed by atoms with Crippen molar-refractivity contribution in [1.82, 2.24) is 0 Å². The van der Waals surface area contributed by atoms with Crippen molar-refractivity contribution in [3.8, 4) is 5.75 Å². The Morgan fingerprint density at radius 1 is 1.15 bits per heavy atom. The van der Waals surface area contributed by atoms with Crippen LogP contribution < -0.4 is 4.74 Å². The lowest BCUT2D eigenvalue weighted by molar-refractivity contribution is 0.101. The van der Waals surface area contributed by atoms with Gasteiger partial charge in [0.25, 0.3) is 0 Å². The summed E-state index contributed by atoms with van der Waals surface area (Å²) in [5, 5.41) is 0. The van der Waals surface area contributed by atoms with Crippen LogP contribution in [0.5, 0.6) is 5.75 Å². The zero-order chi connectivity index (χ0) is 14.7. The smallest absolute Gasteiger partial charge is 0.162 e. The van der Waals surface area contributed by atoms with Crippen LogP contribution in [0.3, 0.4) is 0 Å². The quantitative estimate of drug-likeness (QED) is 0.779. The predicted octanol–water partition coefficient (Wildman–Crippen LogP) is 4.22. The number of rotatable bonds is 4. The maximum Gasteiger partial charge on any atom is 0.162 e. The highest BCUT2D eigenvalue weighted by Crippen LogP contribution is 2.19. The third kappa shape index (κ3) is 3.23. The Morgan fingerprint density at radius 3 is 2.55 bits per heavy atom. The molecule has 3 heteroatoms. The van der Waals surface area contributed by atoms with Gasteiger partial charge in [0.2, 0.25) is 0 Å². The van der Waals surface area contributed by atoms with Crippen molar-refractivity contribution in [2.24, 2.45) is 0 Å². The molecule has 0 saturated carbocycles. The number of hydrogen-bond acceptors (Lipinski definition) is 2. The second kappa shape index (κ2) is 5.87. The minimum Gasteiger partial charge on any atom is -0.489 e. The van der Waals surface area contributed by atoms with Crippen LogP contribution in [0.1, 0.15) is 34.0 Å². The molecule has 0 heterocycles. The fourth-order valence-electron chi connectivity index (χ4n) is 1.99. The highest BCUT2D eigenvalue weighted by atomic mass is 19.1. The van der Waals surface area contributed by atoms with Gasteiger partial charge in [-0.1, -0.05) is 23.8 Å². The Bertz CT molecular complexity index is 647. The van der Waals surface area contributed by atoms with Gasteiger partial charge >= 0.3 is 0 Å². The lowest BCUT2D eigenvalue weighted by atomic mass is 10.1. The van der Waals surface area contributed by atoms with Crippen LogP contribution >= 0.6 is 0 Å². The maximum atomic E-state index is 13.7. The Morgan fingerprint density at radius 2 is 1.90 bits per heavy atom. The summed E-state index contributed by atoms with van der Waals surface area (Å²) in [5.41, 5.74) is 3.45. The van der Waals surface area contributed by atoms with Crippen molar-refractivity contribution < 1.29 is 13.9 Å². The molecule has 0 bridgehead atoms. The van der Waals surface area contributed by atoms with Gasteiger partial charge in [-0.15, -0.1) is 0 Å². The molecule has 0 radical (unpaired) electrons. The molecule has 2 rings (SSSR count). The van der Waals surface area contributed by atoms with Crippen molar-refractivity contribution in [3.63, 3.8) is 0 Å². The Kier molecular flexibility index (Phi) is 4.18. The van der Waals surface area contributed by atoms with Gasteiger partial charge in [0.05, 0.1) is 5.56 Å². The normalized spacial score (nSPS) is 10.4. The third-order valence-corrected chi connectivity index (χ3v) is 3.22. The molecule has 0 amide bonds. The number of hydrogen-bond donors (Lipinski definition) is 0. The number of ketones is 1. The van der Waals surface area contributed by atoms with Gasteiger partial charge in [0.15, 0.2) is 5.78 Å². The molecule has 20 heavy (non-hydrogen) atoms. The predicted molar refractivity (Wildman–Crippen MR) is 76.7 cm³/mol. The van der Waals surface area contributed by atoms with Crippen LogP contribution in [-0.4, -0.2) is 5.78 Å². The number of carbonyl (C=O) groups excluding carboxylic acids is 1. The molecule has 0 fully saturated rings. The summed E-state index contributed by atoms with van der Waals surface area (Å²) in [6.07, 6.45) is 0. The largest absolute Gasteiger partial charge is 0.489 e. The van der Waals surface area contributed by atoms with E-state index in [0.717, 1.165) is 16.7 Å². The number of ether oxygens (including phenoxy) is 1. The molecule has 104 valence electrons. The fraction of sp³-hybridized carbons (Fsp3) is 0.235. The molecule has 0 atom stereocenters. The average Bonchev–Trinajstić information content (AvgIpc) is 2.39. The van der Waals surface area contributed by atoms with Crippen LogP contribution in [0.25, 0.3) is 0 Å². The first-order chi connectivity index (χ1) is 9.47. The summed E-state index contributed by atoms with van der Waals surface area (Å²) in [6.45, 7) is 5.75. The summed E-state index contributed by atoms with van der Waals surface area (Å²) in [5.74, 6) is -0.409. The van der Waals surface area contributed by atoms with Crippen molar-refractivity contribution in [2.75, 3.05) is 0 Å². The monoisotopic (exact) mass is 272 g/mol. The first kappa shape index (κ1) is 14.3. The maximum absolute atomic E-state index is 13.7. The summed E-state index contributed by atoms with van der Waals surface area (Å²) in [6, 6.07) is 10.5. The second-order valence-corrected chi connectivity index (χ2v) is 4.92. The van der Waals surface area contributed by atoms with E-state index in [4.69, 9.17) is 4.74 Å². The minimum atomic E-state index is -0.545. The summed E-state index contributed by atoms with van der Waals surface area (Å²) < 4.78 is 19.3. The van der Waals surface area contributed by atoms with Gasteiger partial charge in [0.1, 0.15) is 18.2 Å². The van der Waals surface area contributed by atoms with Crippen LogP contribution in [0.15, 0.2) is 36.4 Å². The molecule has 2 aromatic rings. The first-order valence-electron chi connectivity index (χ1n) is 6.47. The Labute approximate surface area is 118 Å². The molecule has 0 aliphatic rings. The fourth-order valence-corrected chi connectivity index (χ4v) is 1.99. The van der Waals surface area contributed by atoms with E-state index in [1.807, 2.05) is 26.0 Å². The van der Waals surface area contributed by atoms with Gasteiger partial charge in [-0.05, 0) is 44.0 Å². The molecule has 0 unspecified atom stereocenters. The minimum absolute atomic E-state index is 0.0871. The topological polar surface area (TPSA) is 26.3 Å². The number of halogens is 1. The van der Waals surface area contributed by atoms with Crippen molar-refractivity contribution in [2.45, 2.75) is 27.4 Å². The molecular formula is C17H17FO2.